The Morgan fingerprint density at radius 2 is 1.91 bits per heavy atom. The van der Waals surface area contributed by atoms with Crippen LogP contribution in [0.25, 0.3) is 0 Å². The SMILES string of the molecule is C[C@H]1CC2C([C@@H](O)C[C@@]3(C)C2CC[C@]3(O)C(=O)COC(=O)CCC(=O)O)[C@@]2(C)C=CC(=O)C=C12. The zero-order valence-corrected chi connectivity index (χ0v) is 20.0. The van der Waals surface area contributed by atoms with Crippen LogP contribution in [-0.4, -0.2) is 57.1 Å². The summed E-state index contributed by atoms with van der Waals surface area (Å²) in [6.45, 7) is 5.40. The van der Waals surface area contributed by atoms with Crippen LogP contribution in [0, 0.1) is 34.5 Å². The average molecular weight is 475 g/mol. The molecule has 8 atom stereocenters. The van der Waals surface area contributed by atoms with Crippen molar-refractivity contribution in [1.29, 1.82) is 0 Å². The Morgan fingerprint density at radius 3 is 2.59 bits per heavy atom. The van der Waals surface area contributed by atoms with Gasteiger partial charge in [0.05, 0.1) is 18.9 Å². The molecular formula is C26H34O8. The molecule has 0 aliphatic heterocycles. The monoisotopic (exact) mass is 474 g/mol. The third kappa shape index (κ3) is 3.66. The number of hydrogen-bond acceptors (Lipinski definition) is 7. The number of fused-ring (bicyclic) bond motifs is 5. The Hall–Kier alpha value is -2.32. The molecular weight excluding hydrogens is 440 g/mol. The van der Waals surface area contributed by atoms with Crippen molar-refractivity contribution in [2.24, 2.45) is 34.5 Å². The van der Waals surface area contributed by atoms with E-state index in [-0.39, 0.29) is 55.1 Å². The number of allylic oxidation sites excluding steroid dienone is 4. The van der Waals surface area contributed by atoms with Gasteiger partial charge < -0.3 is 20.1 Å². The first-order valence-electron chi connectivity index (χ1n) is 12.1. The van der Waals surface area contributed by atoms with E-state index in [1.807, 2.05) is 13.0 Å². The second-order valence-electron chi connectivity index (χ2n) is 11.1. The van der Waals surface area contributed by atoms with Crippen LogP contribution in [0.1, 0.15) is 59.3 Å². The summed E-state index contributed by atoms with van der Waals surface area (Å²) in [5.74, 6) is -2.51. The van der Waals surface area contributed by atoms with E-state index in [4.69, 9.17) is 9.84 Å². The van der Waals surface area contributed by atoms with Gasteiger partial charge in [-0.2, -0.15) is 0 Å². The molecule has 3 saturated carbocycles. The number of carboxylic acid groups (broad SMARTS) is 1. The van der Waals surface area contributed by atoms with Crippen LogP contribution in [0.5, 0.6) is 0 Å². The molecule has 0 aromatic carbocycles. The average Bonchev–Trinajstić information content (AvgIpc) is 3.03. The molecule has 3 N–H and O–H groups in total. The largest absolute Gasteiger partial charge is 0.481 e. The number of rotatable bonds is 6. The van der Waals surface area contributed by atoms with Crippen LogP contribution < -0.4 is 0 Å². The van der Waals surface area contributed by atoms with Gasteiger partial charge in [0.2, 0.25) is 5.78 Å². The quantitative estimate of drug-likeness (QED) is 0.498. The van der Waals surface area contributed by atoms with Crippen molar-refractivity contribution in [1.82, 2.24) is 0 Å². The summed E-state index contributed by atoms with van der Waals surface area (Å²) < 4.78 is 4.98. The number of aliphatic hydroxyl groups excluding tert-OH is 1. The normalized spacial score (nSPS) is 42.8. The van der Waals surface area contributed by atoms with Gasteiger partial charge in [-0.05, 0) is 55.6 Å². The summed E-state index contributed by atoms with van der Waals surface area (Å²) in [5, 5.41) is 31.7. The zero-order valence-electron chi connectivity index (χ0n) is 20.0. The van der Waals surface area contributed by atoms with E-state index in [1.165, 1.54) is 0 Å². The number of ketones is 2. The molecule has 8 nitrogen and oxygen atoms in total. The standard InChI is InChI=1S/C26H34O8/c1-14-10-16-17-7-9-26(33,20(29)13-34-22(32)5-4-21(30)31)25(17,3)12-19(28)23(16)24(2)8-6-15(27)11-18(14)24/h6,8,11,14,16-17,19,23,28,33H,4-5,7,9-10,12-13H2,1-3H3,(H,30,31)/t14-,16?,17?,19-,23?,24-,25-,26-/m0/s1. The first-order valence-corrected chi connectivity index (χ1v) is 12.1. The number of carbonyl (C=O) groups is 4. The minimum absolute atomic E-state index is 0.00980. The fraction of sp³-hybridized carbons (Fsp3) is 0.692. The minimum Gasteiger partial charge on any atom is -0.481 e. The highest BCUT2D eigenvalue weighted by Crippen LogP contribution is 2.67. The molecule has 0 radical (unpaired) electrons. The van der Waals surface area contributed by atoms with Crippen LogP contribution >= 0.6 is 0 Å². The molecule has 0 aromatic rings. The lowest BCUT2D eigenvalue weighted by Gasteiger charge is -2.60. The smallest absolute Gasteiger partial charge is 0.306 e. The maximum atomic E-state index is 13.1. The van der Waals surface area contributed by atoms with Gasteiger partial charge in [0, 0.05) is 16.7 Å². The number of carbonyl (C=O) groups excluding carboxylic acids is 3. The van der Waals surface area contributed by atoms with E-state index < -0.39 is 46.9 Å². The van der Waals surface area contributed by atoms with E-state index in [9.17, 15) is 29.4 Å². The second-order valence-corrected chi connectivity index (χ2v) is 11.1. The molecule has 0 aromatic heterocycles. The molecule has 0 amide bonds. The second kappa shape index (κ2) is 8.41. The summed E-state index contributed by atoms with van der Waals surface area (Å²) in [7, 11) is 0. The van der Waals surface area contributed by atoms with Crippen molar-refractivity contribution in [3.8, 4) is 0 Å². The van der Waals surface area contributed by atoms with Crippen molar-refractivity contribution in [3.05, 3.63) is 23.8 Å². The minimum atomic E-state index is -1.74. The Kier molecular flexibility index (Phi) is 6.13. The lowest BCUT2D eigenvalue weighted by atomic mass is 9.45. The fourth-order valence-corrected chi connectivity index (χ4v) is 7.76. The molecule has 3 fully saturated rings. The molecule has 0 heterocycles. The van der Waals surface area contributed by atoms with Crippen molar-refractivity contribution in [2.75, 3.05) is 6.61 Å². The van der Waals surface area contributed by atoms with E-state index in [0.29, 0.717) is 6.42 Å². The van der Waals surface area contributed by atoms with Crippen LogP contribution in [-0.2, 0) is 23.9 Å². The lowest BCUT2D eigenvalue weighted by molar-refractivity contribution is -0.182. The van der Waals surface area contributed by atoms with Gasteiger partial charge in [-0.15, -0.1) is 0 Å². The molecule has 3 unspecified atom stereocenters. The Bertz CT molecular complexity index is 981. The summed E-state index contributed by atoms with van der Waals surface area (Å²) in [6.07, 6.45) is 5.52. The van der Waals surface area contributed by atoms with Crippen molar-refractivity contribution in [2.45, 2.75) is 71.0 Å². The van der Waals surface area contributed by atoms with Gasteiger partial charge in [-0.1, -0.05) is 32.4 Å². The maximum absolute atomic E-state index is 13.1. The zero-order chi connectivity index (χ0) is 25.1. The first kappa shape index (κ1) is 24.8. The maximum Gasteiger partial charge on any atom is 0.306 e. The van der Waals surface area contributed by atoms with Gasteiger partial charge in [0.1, 0.15) is 5.60 Å². The number of aliphatic hydroxyl groups is 2. The molecule has 8 heteroatoms. The topological polar surface area (TPSA) is 138 Å². The number of ether oxygens (including phenoxy) is 1. The molecule has 186 valence electrons. The number of aliphatic carboxylic acids is 1. The first-order chi connectivity index (χ1) is 15.8. The van der Waals surface area contributed by atoms with Crippen LogP contribution in [0.2, 0.25) is 0 Å². The lowest BCUT2D eigenvalue weighted by Crippen LogP contribution is -2.62. The van der Waals surface area contributed by atoms with Gasteiger partial charge in [0.15, 0.2) is 12.4 Å². The molecule has 0 bridgehead atoms. The number of carboxylic acids is 1. The summed E-state index contributed by atoms with van der Waals surface area (Å²) >= 11 is 0. The third-order valence-electron chi connectivity index (χ3n) is 9.34. The number of Topliss-reactive ketones (excluding diaryl/α,β-unsaturated/α-hetero) is 1. The van der Waals surface area contributed by atoms with Gasteiger partial charge in [0.25, 0.3) is 0 Å². The molecule has 4 aliphatic carbocycles. The highest BCUT2D eigenvalue weighted by atomic mass is 16.5. The summed E-state index contributed by atoms with van der Waals surface area (Å²) in [4.78, 5) is 47.7. The van der Waals surface area contributed by atoms with Gasteiger partial charge in [-0.3, -0.25) is 19.2 Å². The highest BCUT2D eigenvalue weighted by Gasteiger charge is 2.68. The van der Waals surface area contributed by atoms with E-state index in [1.54, 1.807) is 12.2 Å². The van der Waals surface area contributed by atoms with Crippen LogP contribution in [0.15, 0.2) is 23.8 Å². The molecule has 0 spiro atoms. The Balaban J connectivity index is 1.56. The predicted molar refractivity (Wildman–Crippen MR) is 120 cm³/mol. The Morgan fingerprint density at radius 1 is 1.21 bits per heavy atom. The van der Waals surface area contributed by atoms with E-state index >= 15 is 0 Å². The number of hydrogen-bond donors (Lipinski definition) is 3. The van der Waals surface area contributed by atoms with Crippen molar-refractivity contribution >= 4 is 23.5 Å². The van der Waals surface area contributed by atoms with Gasteiger partial charge in [-0.25, -0.2) is 0 Å². The summed E-state index contributed by atoms with van der Waals surface area (Å²) in [5.41, 5.74) is -2.04. The van der Waals surface area contributed by atoms with Crippen molar-refractivity contribution < 1.29 is 39.2 Å². The molecule has 4 aliphatic rings. The van der Waals surface area contributed by atoms with E-state index in [0.717, 1.165) is 12.0 Å². The number of esters is 1. The van der Waals surface area contributed by atoms with E-state index in [2.05, 4.69) is 13.8 Å². The molecule has 0 saturated heterocycles. The Labute approximate surface area is 199 Å². The fourth-order valence-electron chi connectivity index (χ4n) is 7.76. The predicted octanol–water partition coefficient (Wildman–Crippen LogP) is 2.22. The van der Waals surface area contributed by atoms with Crippen LogP contribution in [0.3, 0.4) is 0 Å². The third-order valence-corrected chi connectivity index (χ3v) is 9.34. The van der Waals surface area contributed by atoms with Gasteiger partial charge >= 0.3 is 11.9 Å². The summed E-state index contributed by atoms with van der Waals surface area (Å²) in [6, 6.07) is 0. The molecule has 4 rings (SSSR count). The van der Waals surface area contributed by atoms with Crippen molar-refractivity contribution in [3.63, 3.8) is 0 Å². The highest BCUT2D eigenvalue weighted by molar-refractivity contribution is 6.01. The molecule has 34 heavy (non-hydrogen) atoms. The van der Waals surface area contributed by atoms with Crippen LogP contribution in [0.4, 0.5) is 0 Å².